The summed E-state index contributed by atoms with van der Waals surface area (Å²) in [5, 5.41) is 20.6. The number of carbonyl (C=O) groups excluding carboxylic acids is 3. The maximum atomic E-state index is 12.9. The first-order chi connectivity index (χ1) is 51.2. The SMILES string of the molecule is CC/C=C\C/C=C\C/C=C\C/C=C\C/C=C\CCCCCCCCCCCCCCCC(=O)OCC(O)COP(=O)(O)OCC(O)COP(=O)(O)OCC(COC(=O)CCCCCCCCCCCCCCC/C=C\C/C=C\C/C=C\C/C=C\C/C=C\CC)OC(=O)CCCCCCC/C=C\CCCC. The number of hydrogen-bond donors (Lipinski definition) is 4. The molecule has 4 N–H and O–H groups in total. The van der Waals surface area contributed by atoms with E-state index in [1.165, 1.54) is 122 Å². The second kappa shape index (κ2) is 79.2. The Bertz CT molecular complexity index is 2440. The third-order valence-electron chi connectivity index (χ3n) is 17.3. The van der Waals surface area contributed by atoms with Crippen LogP contribution in [0.5, 0.6) is 0 Å². The van der Waals surface area contributed by atoms with E-state index in [-0.39, 0.29) is 19.3 Å². The van der Waals surface area contributed by atoms with E-state index in [0.29, 0.717) is 19.3 Å². The first-order valence-corrected chi connectivity index (χ1v) is 44.5. The normalized spacial score (nSPS) is 14.6. The molecule has 0 heterocycles. The van der Waals surface area contributed by atoms with E-state index >= 15 is 0 Å². The van der Waals surface area contributed by atoms with Crippen molar-refractivity contribution in [2.24, 2.45) is 0 Å². The summed E-state index contributed by atoms with van der Waals surface area (Å²) in [6, 6.07) is 0. The van der Waals surface area contributed by atoms with Gasteiger partial charge in [-0.2, -0.15) is 0 Å². The minimum Gasteiger partial charge on any atom is -0.463 e. The van der Waals surface area contributed by atoms with Gasteiger partial charge in [-0.3, -0.25) is 32.5 Å². The van der Waals surface area contributed by atoms with Gasteiger partial charge in [-0.1, -0.05) is 328 Å². The van der Waals surface area contributed by atoms with Crippen LogP contribution in [0.3, 0.4) is 0 Å². The summed E-state index contributed by atoms with van der Waals surface area (Å²) < 4.78 is 61.1. The number of hydrogen-bond acceptors (Lipinski definition) is 14. The fourth-order valence-electron chi connectivity index (χ4n) is 11.1. The molecule has 0 spiro atoms. The zero-order chi connectivity index (χ0) is 76.6. The van der Waals surface area contributed by atoms with Crippen molar-refractivity contribution < 1.29 is 75.8 Å². The fourth-order valence-corrected chi connectivity index (χ4v) is 12.7. The maximum absolute atomic E-state index is 12.9. The Morgan fingerprint density at radius 1 is 0.276 bits per heavy atom. The van der Waals surface area contributed by atoms with Crippen LogP contribution in [0.2, 0.25) is 0 Å². The van der Waals surface area contributed by atoms with Gasteiger partial charge in [0.1, 0.15) is 25.4 Å². The van der Waals surface area contributed by atoms with Gasteiger partial charge in [-0.05, 0) is 128 Å². The zero-order valence-corrected chi connectivity index (χ0v) is 67.9. The second-order valence-corrected chi connectivity index (χ2v) is 30.4. The van der Waals surface area contributed by atoms with Crippen molar-refractivity contribution in [3.05, 3.63) is 134 Å². The Labute approximate surface area is 639 Å². The van der Waals surface area contributed by atoms with Gasteiger partial charge < -0.3 is 34.2 Å². The minimum atomic E-state index is -4.93. The third kappa shape index (κ3) is 80.5. The summed E-state index contributed by atoms with van der Waals surface area (Å²) in [5.74, 6) is -1.58. The minimum absolute atomic E-state index is 0.0932. The highest BCUT2D eigenvalue weighted by Gasteiger charge is 2.29. The molecule has 105 heavy (non-hydrogen) atoms. The summed E-state index contributed by atoms with van der Waals surface area (Å²) in [4.78, 5) is 58.6. The monoisotopic (exact) mass is 1510 g/mol. The molecule has 0 bridgehead atoms. The Morgan fingerprint density at radius 3 is 0.810 bits per heavy atom. The molecule has 0 aromatic rings. The number of aliphatic hydroxyl groups is 2. The highest BCUT2D eigenvalue weighted by Crippen LogP contribution is 2.45. The van der Waals surface area contributed by atoms with Crippen molar-refractivity contribution in [2.45, 2.75) is 360 Å². The van der Waals surface area contributed by atoms with Crippen LogP contribution >= 0.6 is 15.6 Å². The highest BCUT2D eigenvalue weighted by atomic mass is 31.2. The summed E-state index contributed by atoms with van der Waals surface area (Å²) in [6.45, 7) is 2.42. The first kappa shape index (κ1) is 101. The van der Waals surface area contributed by atoms with E-state index in [4.69, 9.17) is 32.3 Å². The predicted molar refractivity (Wildman–Crippen MR) is 436 cm³/mol. The van der Waals surface area contributed by atoms with E-state index in [2.05, 4.69) is 154 Å². The summed E-state index contributed by atoms with van der Waals surface area (Å²) in [5.41, 5.74) is 0. The van der Waals surface area contributed by atoms with Crippen molar-refractivity contribution in [3.8, 4) is 0 Å². The number of ether oxygens (including phenoxy) is 3. The molecule has 604 valence electrons. The number of allylic oxidation sites excluding steroid dienone is 22. The Morgan fingerprint density at radius 2 is 0.505 bits per heavy atom. The molecule has 18 heteroatoms. The van der Waals surface area contributed by atoms with Crippen molar-refractivity contribution >= 4 is 33.6 Å². The van der Waals surface area contributed by atoms with Gasteiger partial charge in [0.05, 0.1) is 26.4 Å². The van der Waals surface area contributed by atoms with Gasteiger partial charge in [-0.15, -0.1) is 0 Å². The van der Waals surface area contributed by atoms with Crippen LogP contribution in [0, 0.1) is 0 Å². The van der Waals surface area contributed by atoms with Crippen LogP contribution in [-0.4, -0.2) is 95.9 Å². The van der Waals surface area contributed by atoms with Crippen molar-refractivity contribution in [2.75, 3.05) is 39.6 Å². The quantitative estimate of drug-likeness (QED) is 0.0146. The standard InChI is InChI=1S/C87H150O16P2/c1-4-7-10-13-16-19-22-24-26-28-30-32-34-36-38-40-42-44-46-48-50-52-54-56-59-61-64-67-70-73-85(90)97-76-82(88)77-99-104(93,94)100-78-83(89)79-101-105(95,96)102-81-84(103-87(92)75-72-69-66-63-58-21-18-15-12-9-6-3)80-98-86(91)74-71-68-65-62-60-57-55-53-51-49-47-45-43-41-39-37-35-33-31-29-27-25-23-20-17-14-11-8-5-2/h7-8,10-11,15-20,24-27,30-33,36-39,82-84,88-89H,4-6,9,12-14,21-23,28-29,34-35,40-81H2,1-3H3,(H,93,94)(H,95,96)/b10-7-,11-8-,18-15-,19-16-,20-17-,26-24-,27-25-,32-30-,33-31-,38-36-,39-37-. The molecular formula is C87H150O16P2. The average molecular weight is 1510 g/mol. The number of carbonyl (C=O) groups is 3. The molecule has 5 unspecified atom stereocenters. The van der Waals surface area contributed by atoms with Gasteiger partial charge in [0.25, 0.3) is 0 Å². The fraction of sp³-hybridized carbons (Fsp3) is 0.713. The molecule has 0 aromatic carbocycles. The van der Waals surface area contributed by atoms with Crippen LogP contribution in [0.4, 0.5) is 0 Å². The average Bonchev–Trinajstić information content (AvgIpc) is 1.81. The molecule has 0 aromatic heterocycles. The van der Waals surface area contributed by atoms with Gasteiger partial charge >= 0.3 is 33.6 Å². The smallest absolute Gasteiger partial charge is 0.463 e. The molecule has 0 aliphatic carbocycles. The number of phosphoric acid groups is 2. The summed E-state index contributed by atoms with van der Waals surface area (Å²) >= 11 is 0. The largest absolute Gasteiger partial charge is 0.472 e. The molecule has 0 radical (unpaired) electrons. The lowest BCUT2D eigenvalue weighted by molar-refractivity contribution is -0.161. The molecule has 16 nitrogen and oxygen atoms in total. The van der Waals surface area contributed by atoms with Crippen molar-refractivity contribution in [3.63, 3.8) is 0 Å². The molecular weight excluding hydrogens is 1360 g/mol. The number of rotatable bonds is 78. The van der Waals surface area contributed by atoms with Gasteiger partial charge in [0, 0.05) is 19.3 Å². The van der Waals surface area contributed by atoms with Crippen LogP contribution in [-0.2, 0) is 55.8 Å². The molecule has 0 aliphatic heterocycles. The molecule has 0 amide bonds. The topological polar surface area (TPSA) is 231 Å². The van der Waals surface area contributed by atoms with E-state index in [1.54, 1.807) is 0 Å². The van der Waals surface area contributed by atoms with E-state index in [1.807, 2.05) is 0 Å². The second-order valence-electron chi connectivity index (χ2n) is 27.5. The van der Waals surface area contributed by atoms with E-state index in [9.17, 15) is 43.5 Å². The predicted octanol–water partition coefficient (Wildman–Crippen LogP) is 24.7. The van der Waals surface area contributed by atoms with Crippen LogP contribution in [0.1, 0.15) is 342 Å². The lowest BCUT2D eigenvalue weighted by Crippen LogP contribution is -2.30. The summed E-state index contributed by atoms with van der Waals surface area (Å²) in [6.07, 6.45) is 96.6. The maximum Gasteiger partial charge on any atom is 0.472 e. The Hall–Kier alpha value is -4.31. The number of unbranched alkanes of at least 4 members (excludes halogenated alkanes) is 33. The van der Waals surface area contributed by atoms with Gasteiger partial charge in [0.2, 0.25) is 0 Å². The molecule has 0 aliphatic rings. The lowest BCUT2D eigenvalue weighted by Gasteiger charge is -2.21. The number of aliphatic hydroxyl groups excluding tert-OH is 2. The molecule has 0 fully saturated rings. The molecule has 0 saturated carbocycles. The van der Waals surface area contributed by atoms with E-state index < -0.39 is 91.5 Å². The zero-order valence-electron chi connectivity index (χ0n) is 66.1. The Kier molecular flexibility index (Phi) is 76.0. The van der Waals surface area contributed by atoms with Crippen LogP contribution in [0.25, 0.3) is 0 Å². The van der Waals surface area contributed by atoms with Crippen LogP contribution in [0.15, 0.2) is 134 Å². The van der Waals surface area contributed by atoms with E-state index in [0.717, 1.165) is 161 Å². The first-order valence-electron chi connectivity index (χ1n) is 41.5. The third-order valence-corrected chi connectivity index (χ3v) is 19.2. The number of esters is 3. The highest BCUT2D eigenvalue weighted by molar-refractivity contribution is 7.47. The van der Waals surface area contributed by atoms with Crippen molar-refractivity contribution in [1.29, 1.82) is 0 Å². The lowest BCUT2D eigenvalue weighted by atomic mass is 10.0. The number of phosphoric ester groups is 2. The van der Waals surface area contributed by atoms with Crippen LogP contribution < -0.4 is 0 Å². The van der Waals surface area contributed by atoms with Crippen molar-refractivity contribution in [1.82, 2.24) is 0 Å². The summed E-state index contributed by atoms with van der Waals surface area (Å²) in [7, 11) is -9.79. The Balaban J connectivity index is 4.42. The van der Waals surface area contributed by atoms with Gasteiger partial charge in [0.15, 0.2) is 6.10 Å². The molecule has 0 saturated heterocycles. The van der Waals surface area contributed by atoms with Gasteiger partial charge in [-0.25, -0.2) is 9.13 Å². The molecule has 0 rings (SSSR count). The molecule has 5 atom stereocenters.